The number of aromatic amines is 1. The number of nitrogens with one attached hydrogen (secondary N) is 1. The van der Waals surface area contributed by atoms with E-state index in [-0.39, 0.29) is 22.8 Å². The topological polar surface area (TPSA) is 90.9 Å². The summed E-state index contributed by atoms with van der Waals surface area (Å²) in [7, 11) is 4.76. The van der Waals surface area contributed by atoms with Crippen LogP contribution in [0, 0.1) is 11.6 Å². The molecule has 2 aromatic carbocycles. The molecule has 0 aliphatic rings. The van der Waals surface area contributed by atoms with Gasteiger partial charge in [0.15, 0.2) is 11.6 Å². The number of hydrazine groups is 1. The highest BCUT2D eigenvalue weighted by Crippen LogP contribution is 2.42. The van der Waals surface area contributed by atoms with Crippen molar-refractivity contribution < 1.29 is 21.9 Å². The molecule has 0 bridgehead atoms. The van der Waals surface area contributed by atoms with Crippen molar-refractivity contribution in [2.24, 2.45) is 7.05 Å². The highest BCUT2D eigenvalue weighted by Gasteiger charge is 2.28. The van der Waals surface area contributed by atoms with Gasteiger partial charge in [0.1, 0.15) is 17.1 Å². The quantitative estimate of drug-likeness (QED) is 0.308. The average Bonchev–Trinajstić information content (AvgIpc) is 3.34. The van der Waals surface area contributed by atoms with Gasteiger partial charge in [-0.25, -0.2) is 26.6 Å². The number of hydrogen-bond donors (Lipinski definition) is 1. The van der Waals surface area contributed by atoms with Gasteiger partial charge in [-0.05, 0) is 56.9 Å². The molecular formula is C27H31F2N5O4S. The number of benzene rings is 2. The van der Waals surface area contributed by atoms with Crippen LogP contribution in [0.1, 0.15) is 12.5 Å². The Bertz CT molecular complexity index is 1700. The molecule has 39 heavy (non-hydrogen) atoms. The molecule has 0 aliphatic heterocycles. The smallest absolute Gasteiger partial charge is 0.274 e. The molecule has 12 heteroatoms. The van der Waals surface area contributed by atoms with Gasteiger partial charge in [0, 0.05) is 62.7 Å². The third kappa shape index (κ3) is 5.54. The summed E-state index contributed by atoms with van der Waals surface area (Å²) in [5.41, 5.74) is 2.01. The molecule has 0 saturated heterocycles. The van der Waals surface area contributed by atoms with Crippen LogP contribution in [0.5, 0.6) is 11.5 Å². The van der Waals surface area contributed by atoms with E-state index in [1.807, 2.05) is 19.0 Å². The van der Waals surface area contributed by atoms with Crippen LogP contribution in [0.25, 0.3) is 22.0 Å². The number of H-pyrrole nitrogens is 1. The van der Waals surface area contributed by atoms with Crippen LogP contribution in [0.15, 0.2) is 53.6 Å². The summed E-state index contributed by atoms with van der Waals surface area (Å²) in [6.45, 7) is 1.89. The van der Waals surface area contributed by atoms with Crippen LogP contribution in [0.3, 0.4) is 0 Å². The molecule has 1 N–H and O–H groups in total. The van der Waals surface area contributed by atoms with Crippen LogP contribution < -0.4 is 14.7 Å². The fourth-order valence-electron chi connectivity index (χ4n) is 4.45. The van der Waals surface area contributed by atoms with Gasteiger partial charge in [-0.2, -0.15) is 0 Å². The normalized spacial score (nSPS) is 12.1. The van der Waals surface area contributed by atoms with E-state index in [0.29, 0.717) is 39.8 Å². The second-order valence-electron chi connectivity index (χ2n) is 9.61. The Balaban J connectivity index is 2.10. The molecule has 0 amide bonds. The molecular weight excluding hydrogens is 528 g/mol. The third-order valence-corrected chi connectivity index (χ3v) is 7.94. The van der Waals surface area contributed by atoms with Gasteiger partial charge in [-0.1, -0.05) is 0 Å². The Morgan fingerprint density at radius 2 is 1.72 bits per heavy atom. The molecule has 2 heterocycles. The molecule has 0 spiro atoms. The average molecular weight is 560 g/mol. The zero-order valence-corrected chi connectivity index (χ0v) is 23.4. The molecule has 0 fully saturated rings. The van der Waals surface area contributed by atoms with E-state index in [1.54, 1.807) is 58.7 Å². The molecule has 0 saturated carbocycles. The Morgan fingerprint density at radius 3 is 2.33 bits per heavy atom. The maximum atomic E-state index is 14.7. The van der Waals surface area contributed by atoms with E-state index < -0.39 is 21.7 Å². The summed E-state index contributed by atoms with van der Waals surface area (Å²) < 4.78 is 63.5. The minimum absolute atomic E-state index is 0.150. The number of aromatic nitrogens is 2. The first-order valence-electron chi connectivity index (χ1n) is 12.2. The first-order chi connectivity index (χ1) is 18.3. The lowest BCUT2D eigenvalue weighted by Crippen LogP contribution is -2.43. The van der Waals surface area contributed by atoms with Gasteiger partial charge in [0.25, 0.3) is 5.56 Å². The molecule has 0 radical (unpaired) electrons. The number of fused-ring (bicyclic) bond motifs is 1. The number of sulfonamides is 1. The molecule has 0 atom stereocenters. The van der Waals surface area contributed by atoms with Crippen molar-refractivity contribution in [2.45, 2.75) is 13.5 Å². The van der Waals surface area contributed by atoms with Gasteiger partial charge < -0.3 is 19.2 Å². The van der Waals surface area contributed by atoms with Crippen molar-refractivity contribution in [1.29, 1.82) is 0 Å². The van der Waals surface area contributed by atoms with Crippen LogP contribution in [-0.2, 0) is 23.6 Å². The van der Waals surface area contributed by atoms with Crippen molar-refractivity contribution in [1.82, 2.24) is 19.5 Å². The summed E-state index contributed by atoms with van der Waals surface area (Å²) in [5, 5.41) is 2.05. The number of pyridine rings is 1. The van der Waals surface area contributed by atoms with E-state index in [2.05, 4.69) is 4.98 Å². The summed E-state index contributed by atoms with van der Waals surface area (Å²) in [6, 6.07) is 8.05. The Hall–Kier alpha value is -3.74. The fourth-order valence-corrected chi connectivity index (χ4v) is 5.66. The van der Waals surface area contributed by atoms with Crippen molar-refractivity contribution in [3.05, 3.63) is 76.3 Å². The number of aryl methyl sites for hydroxylation is 1. The standard InChI is InChI=1S/C27H31F2N5O4S/c1-7-39(36,37)34(32(4)5)23-14-20(21-16-33(6)27(35)26-19(21)10-11-30-26)25(12-17(23)15-31(2)3)38-24-9-8-18(28)13-22(24)29/h8-14,16,30H,7,15H2,1-6H3. The summed E-state index contributed by atoms with van der Waals surface area (Å²) in [6.07, 6.45) is 3.25. The van der Waals surface area contributed by atoms with Crippen LogP contribution in [0.4, 0.5) is 14.5 Å². The molecule has 9 nitrogen and oxygen atoms in total. The lowest BCUT2D eigenvalue weighted by molar-refractivity contribution is 0.392. The number of nitrogens with zero attached hydrogens (tertiary/aromatic N) is 4. The van der Waals surface area contributed by atoms with Crippen molar-refractivity contribution in [3.63, 3.8) is 0 Å². The largest absolute Gasteiger partial charge is 0.454 e. The van der Waals surface area contributed by atoms with Crippen molar-refractivity contribution >= 4 is 26.6 Å². The Labute approximate surface area is 225 Å². The van der Waals surface area contributed by atoms with Crippen LogP contribution >= 0.6 is 0 Å². The highest BCUT2D eigenvalue weighted by atomic mass is 32.2. The van der Waals surface area contributed by atoms with E-state index in [4.69, 9.17) is 4.74 Å². The van der Waals surface area contributed by atoms with Gasteiger partial charge in [0.05, 0.1) is 11.4 Å². The fraction of sp³-hybridized carbons (Fsp3) is 0.296. The first-order valence-corrected chi connectivity index (χ1v) is 13.8. The molecule has 0 unspecified atom stereocenters. The number of ether oxygens (including phenoxy) is 1. The predicted octanol–water partition coefficient (Wildman–Crippen LogP) is 4.30. The summed E-state index contributed by atoms with van der Waals surface area (Å²) >= 11 is 0. The van der Waals surface area contributed by atoms with E-state index >= 15 is 0 Å². The minimum atomic E-state index is -3.76. The van der Waals surface area contributed by atoms with Gasteiger partial charge in [-0.3, -0.25) is 4.79 Å². The molecule has 0 aliphatic carbocycles. The van der Waals surface area contributed by atoms with Gasteiger partial charge >= 0.3 is 0 Å². The molecule has 4 rings (SSSR count). The summed E-state index contributed by atoms with van der Waals surface area (Å²) in [5.74, 6) is -1.79. The number of hydrogen-bond acceptors (Lipinski definition) is 6. The zero-order valence-electron chi connectivity index (χ0n) is 22.6. The molecule has 208 valence electrons. The van der Waals surface area contributed by atoms with Crippen LogP contribution in [0.2, 0.25) is 0 Å². The number of rotatable bonds is 9. The third-order valence-electron chi connectivity index (χ3n) is 6.16. The predicted molar refractivity (Wildman–Crippen MR) is 148 cm³/mol. The molecule has 4 aromatic rings. The van der Waals surface area contributed by atoms with Gasteiger partial charge in [0.2, 0.25) is 10.0 Å². The highest BCUT2D eigenvalue weighted by molar-refractivity contribution is 7.92. The second kappa shape index (κ2) is 10.8. The monoisotopic (exact) mass is 559 g/mol. The number of halogens is 2. The van der Waals surface area contributed by atoms with Crippen LogP contribution in [-0.4, -0.2) is 61.8 Å². The van der Waals surface area contributed by atoms with Crippen molar-refractivity contribution in [2.75, 3.05) is 38.4 Å². The minimum Gasteiger partial charge on any atom is -0.454 e. The second-order valence-corrected chi connectivity index (χ2v) is 11.7. The van der Waals surface area contributed by atoms with Crippen molar-refractivity contribution in [3.8, 4) is 22.6 Å². The van der Waals surface area contributed by atoms with E-state index in [0.717, 1.165) is 12.1 Å². The maximum absolute atomic E-state index is 14.7. The Morgan fingerprint density at radius 1 is 1.00 bits per heavy atom. The SMILES string of the molecule is CCS(=O)(=O)N(c1cc(-c2cn(C)c(=O)c3[nH]ccc23)c(Oc2ccc(F)cc2F)cc1CN(C)C)N(C)C. The lowest BCUT2D eigenvalue weighted by Gasteiger charge is -2.32. The first kappa shape index (κ1) is 28.3. The Kier molecular flexibility index (Phi) is 7.82. The summed E-state index contributed by atoms with van der Waals surface area (Å²) in [4.78, 5) is 17.6. The van der Waals surface area contributed by atoms with E-state index in [1.165, 1.54) is 20.1 Å². The molecule has 2 aromatic heterocycles. The van der Waals surface area contributed by atoms with Gasteiger partial charge in [-0.15, -0.1) is 0 Å². The maximum Gasteiger partial charge on any atom is 0.274 e. The lowest BCUT2D eigenvalue weighted by atomic mass is 9.99. The number of anilines is 1. The van der Waals surface area contributed by atoms with E-state index in [9.17, 15) is 22.0 Å². The zero-order chi connectivity index (χ0) is 28.6.